The Morgan fingerprint density at radius 1 is 1.62 bits per heavy atom. The van der Waals surface area contributed by atoms with Gasteiger partial charge < -0.3 is 20.3 Å². The Kier molecular flexibility index (Phi) is 2.42. The largest absolute Gasteiger partial charge is 0.378 e. The van der Waals surface area contributed by atoms with E-state index in [2.05, 4.69) is 15.5 Å². The SMILES string of the molecule is Nc1noc(CC2COCCN2)n1. The van der Waals surface area contributed by atoms with Crippen molar-refractivity contribution in [1.29, 1.82) is 0 Å². The standard InChI is InChI=1S/C7H12N4O2/c8-7-10-6(13-11-7)3-5-4-12-2-1-9-5/h5,9H,1-4H2,(H2,8,11). The van der Waals surface area contributed by atoms with Crippen molar-refractivity contribution in [1.82, 2.24) is 15.5 Å². The van der Waals surface area contributed by atoms with E-state index in [-0.39, 0.29) is 12.0 Å². The fourth-order valence-corrected chi connectivity index (χ4v) is 1.31. The summed E-state index contributed by atoms with van der Waals surface area (Å²) in [5, 5.41) is 6.79. The number of morpholine rings is 1. The van der Waals surface area contributed by atoms with Gasteiger partial charge in [-0.05, 0) is 5.16 Å². The molecule has 0 spiro atoms. The summed E-state index contributed by atoms with van der Waals surface area (Å²) in [5.74, 6) is 0.743. The van der Waals surface area contributed by atoms with Crippen LogP contribution in [0.2, 0.25) is 0 Å². The Balaban J connectivity index is 1.89. The van der Waals surface area contributed by atoms with E-state index in [1.807, 2.05) is 0 Å². The van der Waals surface area contributed by atoms with E-state index in [9.17, 15) is 0 Å². The highest BCUT2D eigenvalue weighted by atomic mass is 16.5. The zero-order chi connectivity index (χ0) is 9.10. The summed E-state index contributed by atoms with van der Waals surface area (Å²) in [6.45, 7) is 2.32. The molecule has 1 aromatic rings. The van der Waals surface area contributed by atoms with Crippen molar-refractivity contribution in [2.24, 2.45) is 0 Å². The van der Waals surface area contributed by atoms with Gasteiger partial charge in [0.2, 0.25) is 5.89 Å². The molecule has 1 aromatic heterocycles. The molecule has 72 valence electrons. The zero-order valence-corrected chi connectivity index (χ0v) is 7.19. The summed E-state index contributed by atoms with van der Waals surface area (Å²) in [6, 6.07) is 0.258. The lowest BCUT2D eigenvalue weighted by Crippen LogP contribution is -2.42. The van der Waals surface area contributed by atoms with Crippen molar-refractivity contribution in [3.8, 4) is 0 Å². The van der Waals surface area contributed by atoms with Gasteiger partial charge in [-0.3, -0.25) is 0 Å². The van der Waals surface area contributed by atoms with Gasteiger partial charge in [-0.1, -0.05) is 0 Å². The molecular formula is C7H12N4O2. The number of nitrogens with zero attached hydrogens (tertiary/aromatic N) is 2. The third-order valence-corrected chi connectivity index (χ3v) is 1.90. The van der Waals surface area contributed by atoms with E-state index in [1.165, 1.54) is 0 Å². The van der Waals surface area contributed by atoms with Crippen LogP contribution in [-0.4, -0.2) is 35.9 Å². The van der Waals surface area contributed by atoms with E-state index >= 15 is 0 Å². The molecular weight excluding hydrogens is 172 g/mol. The van der Waals surface area contributed by atoms with Gasteiger partial charge in [-0.15, -0.1) is 0 Å². The molecule has 1 aliphatic rings. The minimum atomic E-state index is 0.187. The van der Waals surface area contributed by atoms with Gasteiger partial charge >= 0.3 is 0 Å². The van der Waals surface area contributed by atoms with Crippen molar-refractivity contribution in [3.63, 3.8) is 0 Å². The van der Waals surface area contributed by atoms with Crippen LogP contribution in [0.4, 0.5) is 5.95 Å². The molecule has 3 N–H and O–H groups in total. The Bertz CT molecular complexity index is 269. The quantitative estimate of drug-likeness (QED) is 0.624. The van der Waals surface area contributed by atoms with Crippen molar-refractivity contribution in [2.75, 3.05) is 25.5 Å². The van der Waals surface area contributed by atoms with Gasteiger partial charge in [0.15, 0.2) is 0 Å². The second-order valence-electron chi connectivity index (χ2n) is 2.98. The van der Waals surface area contributed by atoms with E-state index in [1.54, 1.807) is 0 Å². The fraction of sp³-hybridized carbons (Fsp3) is 0.714. The molecule has 1 unspecified atom stereocenters. The number of rotatable bonds is 2. The topological polar surface area (TPSA) is 86.2 Å². The van der Waals surface area contributed by atoms with Crippen molar-refractivity contribution < 1.29 is 9.26 Å². The molecule has 1 saturated heterocycles. The fourth-order valence-electron chi connectivity index (χ4n) is 1.31. The molecule has 2 heterocycles. The van der Waals surface area contributed by atoms with E-state index in [0.717, 1.165) is 13.2 Å². The highest BCUT2D eigenvalue weighted by molar-refractivity contribution is 5.10. The highest BCUT2D eigenvalue weighted by Gasteiger charge is 2.16. The molecule has 0 radical (unpaired) electrons. The molecule has 0 bridgehead atoms. The van der Waals surface area contributed by atoms with Gasteiger partial charge in [-0.2, -0.15) is 4.98 Å². The summed E-state index contributed by atoms with van der Waals surface area (Å²) in [7, 11) is 0. The van der Waals surface area contributed by atoms with Crippen molar-refractivity contribution >= 4 is 5.95 Å². The Labute approximate surface area is 75.4 Å². The molecule has 6 nitrogen and oxygen atoms in total. The van der Waals surface area contributed by atoms with Gasteiger partial charge in [-0.25, -0.2) is 0 Å². The van der Waals surface area contributed by atoms with Crippen molar-refractivity contribution in [3.05, 3.63) is 5.89 Å². The summed E-state index contributed by atoms with van der Waals surface area (Å²) >= 11 is 0. The first kappa shape index (κ1) is 8.46. The number of nitrogens with one attached hydrogen (secondary N) is 1. The zero-order valence-electron chi connectivity index (χ0n) is 7.19. The van der Waals surface area contributed by atoms with Gasteiger partial charge in [0.05, 0.1) is 13.2 Å². The first-order valence-electron chi connectivity index (χ1n) is 4.24. The van der Waals surface area contributed by atoms with Crippen LogP contribution in [0, 0.1) is 0 Å². The predicted molar refractivity (Wildman–Crippen MR) is 45.0 cm³/mol. The lowest BCUT2D eigenvalue weighted by molar-refractivity contribution is 0.0744. The monoisotopic (exact) mass is 184 g/mol. The smallest absolute Gasteiger partial charge is 0.260 e. The van der Waals surface area contributed by atoms with Gasteiger partial charge in [0.1, 0.15) is 0 Å². The number of ether oxygens (including phenoxy) is 1. The van der Waals surface area contributed by atoms with E-state index in [0.29, 0.717) is 18.9 Å². The number of aromatic nitrogens is 2. The number of hydrogen-bond acceptors (Lipinski definition) is 6. The van der Waals surface area contributed by atoms with Gasteiger partial charge in [0.25, 0.3) is 5.95 Å². The van der Waals surface area contributed by atoms with Crippen LogP contribution < -0.4 is 11.1 Å². The summed E-state index contributed by atoms with van der Waals surface area (Å²) in [5.41, 5.74) is 5.32. The van der Waals surface area contributed by atoms with E-state index in [4.69, 9.17) is 15.0 Å². The second kappa shape index (κ2) is 3.71. The van der Waals surface area contributed by atoms with Crippen LogP contribution in [0.3, 0.4) is 0 Å². The maximum atomic E-state index is 5.32. The second-order valence-corrected chi connectivity index (χ2v) is 2.98. The first-order valence-corrected chi connectivity index (χ1v) is 4.24. The lowest BCUT2D eigenvalue weighted by Gasteiger charge is -2.22. The van der Waals surface area contributed by atoms with Crippen LogP contribution in [0.1, 0.15) is 5.89 Å². The van der Waals surface area contributed by atoms with Crippen LogP contribution >= 0.6 is 0 Å². The van der Waals surface area contributed by atoms with Gasteiger partial charge in [0, 0.05) is 19.0 Å². The third kappa shape index (κ3) is 2.16. The van der Waals surface area contributed by atoms with Crippen LogP contribution in [0.15, 0.2) is 4.52 Å². The lowest BCUT2D eigenvalue weighted by atomic mass is 10.2. The first-order chi connectivity index (χ1) is 6.34. The predicted octanol–water partition coefficient (Wildman–Crippen LogP) is -0.817. The molecule has 1 aliphatic heterocycles. The molecule has 6 heteroatoms. The minimum absolute atomic E-state index is 0.187. The number of nitrogen functional groups attached to an aromatic ring is 1. The van der Waals surface area contributed by atoms with E-state index < -0.39 is 0 Å². The summed E-state index contributed by atoms with van der Waals surface area (Å²) in [4.78, 5) is 3.91. The Morgan fingerprint density at radius 3 is 3.15 bits per heavy atom. The highest BCUT2D eigenvalue weighted by Crippen LogP contribution is 2.04. The summed E-state index contributed by atoms with van der Waals surface area (Å²) in [6.07, 6.45) is 0.671. The van der Waals surface area contributed by atoms with Crippen LogP contribution in [0.5, 0.6) is 0 Å². The number of hydrogen-bond donors (Lipinski definition) is 2. The maximum Gasteiger partial charge on any atom is 0.260 e. The minimum Gasteiger partial charge on any atom is -0.378 e. The molecule has 13 heavy (non-hydrogen) atoms. The molecule has 1 fully saturated rings. The maximum absolute atomic E-state index is 5.32. The molecule has 0 saturated carbocycles. The molecule has 1 atom stereocenters. The molecule has 0 amide bonds. The Morgan fingerprint density at radius 2 is 2.54 bits per heavy atom. The number of anilines is 1. The van der Waals surface area contributed by atoms with Crippen LogP contribution in [-0.2, 0) is 11.2 Å². The Hall–Kier alpha value is -1.14. The normalized spacial score (nSPS) is 23.2. The molecule has 0 aliphatic carbocycles. The average molecular weight is 184 g/mol. The molecule has 0 aromatic carbocycles. The van der Waals surface area contributed by atoms with Crippen LogP contribution in [0.25, 0.3) is 0 Å². The number of nitrogens with two attached hydrogens (primary N) is 1. The summed E-state index contributed by atoms with van der Waals surface area (Å²) < 4.78 is 10.2. The molecule has 2 rings (SSSR count). The average Bonchev–Trinajstić information content (AvgIpc) is 2.53. The van der Waals surface area contributed by atoms with Crippen molar-refractivity contribution in [2.45, 2.75) is 12.5 Å². The third-order valence-electron chi connectivity index (χ3n) is 1.90.